The topological polar surface area (TPSA) is 50.2 Å². The first-order chi connectivity index (χ1) is 7.15. The van der Waals surface area contributed by atoms with Crippen LogP contribution in [0, 0.1) is 0 Å². The van der Waals surface area contributed by atoms with E-state index in [2.05, 4.69) is 4.98 Å². The minimum Gasteiger partial charge on any atom is -0.478 e. The maximum absolute atomic E-state index is 11.1. The van der Waals surface area contributed by atoms with Crippen LogP contribution in [0.4, 0.5) is 0 Å². The van der Waals surface area contributed by atoms with Gasteiger partial charge >= 0.3 is 5.97 Å². The highest BCUT2D eigenvalue weighted by Gasteiger charge is 2.24. The molecule has 80 valence electrons. The lowest BCUT2D eigenvalue weighted by Gasteiger charge is -2.11. The molecule has 0 amide bonds. The highest BCUT2D eigenvalue weighted by atomic mass is 35.5. The Balaban J connectivity index is 2.69. The van der Waals surface area contributed by atoms with Crippen LogP contribution in [0.1, 0.15) is 40.5 Å². The van der Waals surface area contributed by atoms with E-state index in [1.165, 1.54) is 0 Å². The summed E-state index contributed by atoms with van der Waals surface area (Å²) in [4.78, 5) is 15.2. The van der Waals surface area contributed by atoms with Gasteiger partial charge in [0.1, 0.15) is 10.7 Å². The minimum absolute atomic E-state index is 0.139. The molecule has 0 atom stereocenters. The van der Waals surface area contributed by atoms with Crippen molar-refractivity contribution >= 4 is 17.6 Å². The summed E-state index contributed by atoms with van der Waals surface area (Å²) in [7, 11) is 0. The number of fused-ring (bicyclic) bond motifs is 1. The Morgan fingerprint density at radius 3 is 2.87 bits per heavy atom. The first kappa shape index (κ1) is 10.4. The van der Waals surface area contributed by atoms with Crippen molar-refractivity contribution in [2.75, 3.05) is 0 Å². The predicted molar refractivity (Wildman–Crippen MR) is 57.6 cm³/mol. The van der Waals surface area contributed by atoms with Crippen LogP contribution in [-0.4, -0.2) is 16.1 Å². The van der Waals surface area contributed by atoms with Crippen LogP contribution in [0.25, 0.3) is 0 Å². The van der Waals surface area contributed by atoms with Crippen molar-refractivity contribution in [1.82, 2.24) is 4.98 Å². The van der Waals surface area contributed by atoms with Gasteiger partial charge in [-0.15, -0.1) is 0 Å². The number of carboxylic acid groups (broad SMARTS) is 1. The molecule has 1 aromatic heterocycles. The van der Waals surface area contributed by atoms with Crippen molar-refractivity contribution in [2.45, 2.75) is 32.6 Å². The predicted octanol–water partition coefficient (Wildman–Crippen LogP) is 2.48. The number of nitrogens with zero attached hydrogens (tertiary/aromatic N) is 1. The lowest BCUT2D eigenvalue weighted by atomic mass is 10.00. The monoisotopic (exact) mass is 225 g/mol. The highest BCUT2D eigenvalue weighted by Crippen LogP contribution is 2.30. The molecule has 0 fully saturated rings. The third-order valence-electron chi connectivity index (χ3n) is 2.86. The van der Waals surface area contributed by atoms with E-state index in [0.29, 0.717) is 6.42 Å². The van der Waals surface area contributed by atoms with E-state index in [-0.39, 0.29) is 10.7 Å². The van der Waals surface area contributed by atoms with Gasteiger partial charge in [0.15, 0.2) is 0 Å². The summed E-state index contributed by atoms with van der Waals surface area (Å²) in [5.41, 5.74) is 3.16. The molecule has 3 nitrogen and oxygen atoms in total. The third kappa shape index (κ3) is 1.61. The van der Waals surface area contributed by atoms with Gasteiger partial charge in [0.2, 0.25) is 0 Å². The molecule has 0 radical (unpaired) electrons. The number of rotatable bonds is 2. The Kier molecular flexibility index (Phi) is 2.65. The molecule has 1 heterocycles. The van der Waals surface area contributed by atoms with Crippen LogP contribution < -0.4 is 0 Å². The summed E-state index contributed by atoms with van der Waals surface area (Å²) in [5.74, 6) is -0.973. The molecule has 0 aliphatic heterocycles. The molecule has 1 N–H and O–H groups in total. The first-order valence-corrected chi connectivity index (χ1v) is 5.46. The molecule has 0 spiro atoms. The number of aryl methyl sites for hydroxylation is 1. The molecular formula is C11H12ClNO2. The maximum atomic E-state index is 11.1. The van der Waals surface area contributed by atoms with Gasteiger partial charge in [-0.1, -0.05) is 18.5 Å². The second-order valence-corrected chi connectivity index (χ2v) is 4.05. The fourth-order valence-electron chi connectivity index (χ4n) is 2.23. The molecule has 0 unspecified atom stereocenters. The Morgan fingerprint density at radius 2 is 2.27 bits per heavy atom. The normalized spacial score (nSPS) is 14.0. The van der Waals surface area contributed by atoms with Gasteiger partial charge in [0.05, 0.1) is 0 Å². The van der Waals surface area contributed by atoms with Crippen LogP contribution in [0.3, 0.4) is 0 Å². The highest BCUT2D eigenvalue weighted by molar-refractivity contribution is 6.32. The fourth-order valence-corrected chi connectivity index (χ4v) is 2.53. The van der Waals surface area contributed by atoms with E-state index in [1.54, 1.807) is 0 Å². The van der Waals surface area contributed by atoms with Crippen molar-refractivity contribution in [1.29, 1.82) is 0 Å². The Bertz CT molecular complexity index is 429. The van der Waals surface area contributed by atoms with Crippen molar-refractivity contribution in [3.05, 3.63) is 27.5 Å². The van der Waals surface area contributed by atoms with E-state index in [4.69, 9.17) is 16.7 Å². The largest absolute Gasteiger partial charge is 0.478 e. The van der Waals surface area contributed by atoms with E-state index in [1.807, 2.05) is 6.92 Å². The standard InChI is InChI=1S/C11H12ClNO2/c1-2-6-7-4-3-5-8(7)13-10(12)9(6)11(14)15/h2-5H2,1H3,(H,14,15). The number of halogens is 1. The quantitative estimate of drug-likeness (QED) is 0.787. The lowest BCUT2D eigenvalue weighted by Crippen LogP contribution is -2.09. The molecule has 1 aliphatic carbocycles. The Hall–Kier alpha value is -1.09. The average Bonchev–Trinajstić information content (AvgIpc) is 2.62. The summed E-state index contributed by atoms with van der Waals surface area (Å²) in [6, 6.07) is 0. The van der Waals surface area contributed by atoms with Crippen LogP contribution in [0.2, 0.25) is 5.15 Å². The Labute approximate surface area is 93.1 Å². The molecule has 15 heavy (non-hydrogen) atoms. The Morgan fingerprint density at radius 1 is 1.53 bits per heavy atom. The zero-order chi connectivity index (χ0) is 11.0. The van der Waals surface area contributed by atoms with E-state index in [9.17, 15) is 4.79 Å². The molecule has 0 bridgehead atoms. The van der Waals surface area contributed by atoms with Gasteiger partial charge in [0, 0.05) is 5.69 Å². The van der Waals surface area contributed by atoms with Crippen LogP contribution in [0.15, 0.2) is 0 Å². The average molecular weight is 226 g/mol. The molecule has 0 aromatic carbocycles. The number of pyridine rings is 1. The number of hydrogen-bond acceptors (Lipinski definition) is 2. The molecule has 1 aliphatic rings. The van der Waals surface area contributed by atoms with E-state index in [0.717, 1.165) is 36.1 Å². The summed E-state index contributed by atoms with van der Waals surface area (Å²) in [6.07, 6.45) is 3.60. The first-order valence-electron chi connectivity index (χ1n) is 5.08. The number of aromatic nitrogens is 1. The van der Waals surface area contributed by atoms with Gasteiger partial charge in [-0.3, -0.25) is 0 Å². The number of carboxylic acids is 1. The zero-order valence-corrected chi connectivity index (χ0v) is 9.26. The SMILES string of the molecule is CCc1c2c(nc(Cl)c1C(=O)O)CCC2. The fraction of sp³-hybridized carbons (Fsp3) is 0.455. The van der Waals surface area contributed by atoms with Gasteiger partial charge < -0.3 is 5.11 Å². The maximum Gasteiger partial charge on any atom is 0.339 e. The smallest absolute Gasteiger partial charge is 0.339 e. The summed E-state index contributed by atoms with van der Waals surface area (Å²) in [6.45, 7) is 1.96. The molecule has 0 saturated carbocycles. The third-order valence-corrected chi connectivity index (χ3v) is 3.14. The van der Waals surface area contributed by atoms with Crippen molar-refractivity contribution < 1.29 is 9.90 Å². The van der Waals surface area contributed by atoms with Crippen molar-refractivity contribution in [2.24, 2.45) is 0 Å². The summed E-state index contributed by atoms with van der Waals surface area (Å²) >= 11 is 5.89. The van der Waals surface area contributed by atoms with Crippen molar-refractivity contribution in [3.63, 3.8) is 0 Å². The minimum atomic E-state index is -0.973. The molecule has 4 heteroatoms. The number of aromatic carboxylic acids is 1. The second-order valence-electron chi connectivity index (χ2n) is 3.69. The number of carbonyl (C=O) groups is 1. The summed E-state index contributed by atoms with van der Waals surface area (Å²) < 4.78 is 0. The van der Waals surface area contributed by atoms with Crippen molar-refractivity contribution in [3.8, 4) is 0 Å². The number of hydrogen-bond donors (Lipinski definition) is 1. The van der Waals surface area contributed by atoms with Gasteiger partial charge in [-0.2, -0.15) is 0 Å². The van der Waals surface area contributed by atoms with E-state index >= 15 is 0 Å². The lowest BCUT2D eigenvalue weighted by molar-refractivity contribution is 0.0695. The second kappa shape index (κ2) is 3.81. The van der Waals surface area contributed by atoms with Crippen LogP contribution in [-0.2, 0) is 19.3 Å². The molecule has 2 rings (SSSR count). The molecular weight excluding hydrogens is 214 g/mol. The van der Waals surface area contributed by atoms with Gasteiger partial charge in [-0.25, -0.2) is 9.78 Å². The zero-order valence-electron chi connectivity index (χ0n) is 8.51. The van der Waals surface area contributed by atoms with Crippen LogP contribution >= 0.6 is 11.6 Å². The van der Waals surface area contributed by atoms with Crippen LogP contribution in [0.5, 0.6) is 0 Å². The molecule has 0 saturated heterocycles. The molecule has 1 aromatic rings. The summed E-state index contributed by atoms with van der Waals surface area (Å²) in [5, 5.41) is 9.22. The van der Waals surface area contributed by atoms with Gasteiger partial charge in [-0.05, 0) is 36.8 Å². The van der Waals surface area contributed by atoms with Gasteiger partial charge in [0.25, 0.3) is 0 Å². The van der Waals surface area contributed by atoms with E-state index < -0.39 is 5.97 Å².